The largest absolute Gasteiger partial charge is 0.338 e. The van der Waals surface area contributed by atoms with Crippen LogP contribution in [0.15, 0.2) is 12.4 Å². The van der Waals surface area contributed by atoms with Crippen molar-refractivity contribution in [2.45, 2.75) is 38.1 Å². The standard InChI is InChI=1S/C13H23N3S/c1-16-7-6-15-13(16)3-2-12(14)10-11-4-8-17-9-5-11/h6-7,11-12H,2-5,8-10,14H2,1H3. The van der Waals surface area contributed by atoms with Crippen molar-refractivity contribution in [1.29, 1.82) is 0 Å². The monoisotopic (exact) mass is 253 g/mol. The highest BCUT2D eigenvalue weighted by Gasteiger charge is 2.17. The Bertz CT molecular complexity index is 331. The van der Waals surface area contributed by atoms with Crippen molar-refractivity contribution in [3.05, 3.63) is 18.2 Å². The van der Waals surface area contributed by atoms with Gasteiger partial charge in [-0.05, 0) is 43.1 Å². The quantitative estimate of drug-likeness (QED) is 0.875. The predicted molar refractivity (Wildman–Crippen MR) is 74.2 cm³/mol. The van der Waals surface area contributed by atoms with Crippen LogP contribution in [-0.4, -0.2) is 27.1 Å². The van der Waals surface area contributed by atoms with Crippen molar-refractivity contribution in [2.24, 2.45) is 18.7 Å². The molecular weight excluding hydrogens is 230 g/mol. The van der Waals surface area contributed by atoms with Crippen LogP contribution >= 0.6 is 11.8 Å². The highest BCUT2D eigenvalue weighted by Crippen LogP contribution is 2.26. The predicted octanol–water partition coefficient (Wildman–Crippen LogP) is 2.21. The van der Waals surface area contributed by atoms with Crippen LogP contribution in [0.1, 0.15) is 31.5 Å². The number of hydrogen-bond acceptors (Lipinski definition) is 3. The molecule has 2 heterocycles. The van der Waals surface area contributed by atoms with Gasteiger partial charge >= 0.3 is 0 Å². The molecule has 17 heavy (non-hydrogen) atoms. The number of aromatic nitrogens is 2. The van der Waals surface area contributed by atoms with E-state index in [-0.39, 0.29) is 0 Å². The molecule has 0 saturated carbocycles. The summed E-state index contributed by atoms with van der Waals surface area (Å²) in [6.45, 7) is 0. The van der Waals surface area contributed by atoms with Crippen LogP contribution in [0.3, 0.4) is 0 Å². The smallest absolute Gasteiger partial charge is 0.108 e. The summed E-state index contributed by atoms with van der Waals surface area (Å²) in [7, 11) is 2.05. The van der Waals surface area contributed by atoms with Gasteiger partial charge in [0.25, 0.3) is 0 Å². The van der Waals surface area contributed by atoms with E-state index in [4.69, 9.17) is 5.73 Å². The maximum absolute atomic E-state index is 6.23. The van der Waals surface area contributed by atoms with E-state index in [2.05, 4.69) is 21.3 Å². The molecule has 2 rings (SSSR count). The summed E-state index contributed by atoms with van der Waals surface area (Å²) in [6.07, 6.45) is 9.85. The summed E-state index contributed by atoms with van der Waals surface area (Å²) in [6, 6.07) is 0.347. The lowest BCUT2D eigenvalue weighted by Crippen LogP contribution is -2.26. The maximum Gasteiger partial charge on any atom is 0.108 e. The minimum absolute atomic E-state index is 0.347. The molecule has 0 spiro atoms. The molecule has 1 aliphatic rings. The van der Waals surface area contributed by atoms with Gasteiger partial charge in [0, 0.05) is 31.9 Å². The lowest BCUT2D eigenvalue weighted by Gasteiger charge is -2.24. The molecule has 1 atom stereocenters. The molecule has 0 radical (unpaired) electrons. The molecule has 0 aromatic carbocycles. The molecule has 4 heteroatoms. The second kappa shape index (κ2) is 6.45. The first-order valence-corrected chi connectivity index (χ1v) is 7.70. The molecule has 3 nitrogen and oxygen atoms in total. The van der Waals surface area contributed by atoms with E-state index in [1.165, 1.54) is 30.8 Å². The third-order valence-electron chi connectivity index (χ3n) is 3.64. The van der Waals surface area contributed by atoms with Crippen molar-refractivity contribution in [3.63, 3.8) is 0 Å². The number of hydrogen-bond donors (Lipinski definition) is 1. The lowest BCUT2D eigenvalue weighted by molar-refractivity contribution is 0.394. The molecule has 2 N–H and O–H groups in total. The molecule has 1 aromatic rings. The van der Waals surface area contributed by atoms with E-state index >= 15 is 0 Å². The summed E-state index contributed by atoms with van der Waals surface area (Å²) in [5.41, 5.74) is 6.23. The second-order valence-electron chi connectivity index (χ2n) is 5.04. The molecule has 96 valence electrons. The Morgan fingerprint density at radius 1 is 1.53 bits per heavy atom. The summed E-state index contributed by atoms with van der Waals surface area (Å²) in [5, 5.41) is 0. The molecule has 1 saturated heterocycles. The summed E-state index contributed by atoms with van der Waals surface area (Å²) < 4.78 is 2.09. The first-order valence-electron chi connectivity index (χ1n) is 6.55. The second-order valence-corrected chi connectivity index (χ2v) is 6.27. The molecule has 1 aliphatic heterocycles. The van der Waals surface area contributed by atoms with Crippen LogP contribution in [0.25, 0.3) is 0 Å². The molecular formula is C13H23N3S. The molecule has 1 fully saturated rings. The molecule has 1 unspecified atom stereocenters. The highest BCUT2D eigenvalue weighted by atomic mass is 32.2. The van der Waals surface area contributed by atoms with Crippen LogP contribution in [0.2, 0.25) is 0 Å². The Labute approximate surface area is 108 Å². The van der Waals surface area contributed by atoms with Gasteiger partial charge in [-0.15, -0.1) is 0 Å². The fourth-order valence-corrected chi connectivity index (χ4v) is 3.68. The van der Waals surface area contributed by atoms with Crippen LogP contribution < -0.4 is 5.73 Å². The Morgan fingerprint density at radius 2 is 2.29 bits per heavy atom. The topological polar surface area (TPSA) is 43.8 Å². The Hall–Kier alpha value is -0.480. The Kier molecular flexibility index (Phi) is 4.92. The van der Waals surface area contributed by atoms with Gasteiger partial charge in [0.1, 0.15) is 5.82 Å². The fourth-order valence-electron chi connectivity index (χ4n) is 2.48. The highest BCUT2D eigenvalue weighted by molar-refractivity contribution is 7.99. The van der Waals surface area contributed by atoms with Gasteiger partial charge in [0.15, 0.2) is 0 Å². The van der Waals surface area contributed by atoms with E-state index in [0.717, 1.165) is 24.6 Å². The van der Waals surface area contributed by atoms with Gasteiger partial charge in [-0.25, -0.2) is 4.98 Å². The van der Waals surface area contributed by atoms with E-state index in [9.17, 15) is 0 Å². The van der Waals surface area contributed by atoms with E-state index in [0.29, 0.717) is 6.04 Å². The van der Waals surface area contributed by atoms with E-state index in [1.807, 2.05) is 19.4 Å². The van der Waals surface area contributed by atoms with Gasteiger partial charge in [-0.1, -0.05) is 0 Å². The van der Waals surface area contributed by atoms with Gasteiger partial charge in [0.2, 0.25) is 0 Å². The summed E-state index contributed by atoms with van der Waals surface area (Å²) in [4.78, 5) is 4.34. The number of rotatable bonds is 5. The zero-order chi connectivity index (χ0) is 12.1. The number of thioether (sulfide) groups is 1. The van der Waals surface area contributed by atoms with Crippen molar-refractivity contribution in [1.82, 2.24) is 9.55 Å². The van der Waals surface area contributed by atoms with Crippen LogP contribution in [0.4, 0.5) is 0 Å². The number of imidazole rings is 1. The third kappa shape index (κ3) is 4.03. The van der Waals surface area contributed by atoms with E-state index in [1.54, 1.807) is 0 Å². The van der Waals surface area contributed by atoms with Crippen LogP contribution in [0, 0.1) is 5.92 Å². The molecule has 0 bridgehead atoms. The van der Waals surface area contributed by atoms with E-state index < -0.39 is 0 Å². The minimum Gasteiger partial charge on any atom is -0.338 e. The maximum atomic E-state index is 6.23. The Morgan fingerprint density at radius 3 is 2.94 bits per heavy atom. The number of aryl methyl sites for hydroxylation is 2. The first kappa shape index (κ1) is 13.0. The summed E-state index contributed by atoms with van der Waals surface area (Å²) in [5.74, 6) is 4.68. The van der Waals surface area contributed by atoms with Crippen LogP contribution in [-0.2, 0) is 13.5 Å². The first-order chi connectivity index (χ1) is 8.25. The SMILES string of the molecule is Cn1ccnc1CCC(N)CC1CCSCC1. The van der Waals surface area contributed by atoms with Gasteiger partial charge < -0.3 is 10.3 Å². The number of nitrogens with zero attached hydrogens (tertiary/aromatic N) is 2. The van der Waals surface area contributed by atoms with Crippen molar-refractivity contribution < 1.29 is 0 Å². The third-order valence-corrected chi connectivity index (χ3v) is 4.69. The normalized spacial score (nSPS) is 19.4. The molecule has 0 amide bonds. The van der Waals surface area contributed by atoms with Crippen molar-refractivity contribution >= 4 is 11.8 Å². The fraction of sp³-hybridized carbons (Fsp3) is 0.769. The lowest BCUT2D eigenvalue weighted by atomic mass is 9.92. The average Bonchev–Trinajstić information content (AvgIpc) is 2.74. The number of nitrogens with two attached hydrogens (primary N) is 1. The van der Waals surface area contributed by atoms with Crippen molar-refractivity contribution in [2.75, 3.05) is 11.5 Å². The average molecular weight is 253 g/mol. The van der Waals surface area contributed by atoms with Gasteiger partial charge in [-0.2, -0.15) is 11.8 Å². The van der Waals surface area contributed by atoms with Gasteiger partial charge in [0.05, 0.1) is 0 Å². The Balaban J connectivity index is 1.70. The zero-order valence-electron chi connectivity index (χ0n) is 10.6. The van der Waals surface area contributed by atoms with Gasteiger partial charge in [-0.3, -0.25) is 0 Å². The molecule has 1 aromatic heterocycles. The van der Waals surface area contributed by atoms with Crippen LogP contribution in [0.5, 0.6) is 0 Å². The van der Waals surface area contributed by atoms with Crippen molar-refractivity contribution in [3.8, 4) is 0 Å². The summed E-state index contributed by atoms with van der Waals surface area (Å²) >= 11 is 2.08. The zero-order valence-corrected chi connectivity index (χ0v) is 11.5. The molecule has 0 aliphatic carbocycles. The minimum atomic E-state index is 0.347.